The zero-order valence-electron chi connectivity index (χ0n) is 21.1. The molecule has 1 atom stereocenters. The number of Topliss-reactive ketones (excluding diaryl/α,β-unsaturated/α-hetero) is 2. The Hall–Kier alpha value is -4.87. The molecule has 2 aromatic carbocycles. The summed E-state index contributed by atoms with van der Waals surface area (Å²) in [4.78, 5) is 88.1. The number of fused-ring (bicyclic) bond motifs is 2. The van der Waals surface area contributed by atoms with Crippen LogP contribution in [0.4, 0.5) is 11.4 Å². The van der Waals surface area contributed by atoms with Crippen molar-refractivity contribution in [2.45, 2.75) is 25.3 Å². The molecule has 2 heterocycles. The molecule has 4 rings (SSSR count). The van der Waals surface area contributed by atoms with E-state index in [0.29, 0.717) is 24.2 Å². The van der Waals surface area contributed by atoms with E-state index in [9.17, 15) is 33.6 Å². The Labute approximate surface area is 223 Å². The van der Waals surface area contributed by atoms with Crippen LogP contribution in [0.3, 0.4) is 0 Å². The van der Waals surface area contributed by atoms with Gasteiger partial charge >= 0.3 is 5.97 Å². The summed E-state index contributed by atoms with van der Waals surface area (Å²) >= 11 is 0. The second-order valence-electron chi connectivity index (χ2n) is 8.96. The van der Waals surface area contributed by atoms with Gasteiger partial charge in [0.25, 0.3) is 23.4 Å². The van der Waals surface area contributed by atoms with E-state index in [0.717, 1.165) is 9.80 Å². The Bertz CT molecular complexity index is 1370. The van der Waals surface area contributed by atoms with E-state index in [1.807, 2.05) is 0 Å². The Morgan fingerprint density at radius 1 is 0.769 bits per heavy atom. The number of carbonyl (C=O) groups is 7. The Morgan fingerprint density at radius 3 is 1.82 bits per heavy atom. The lowest BCUT2D eigenvalue weighted by atomic mass is 10.1. The minimum atomic E-state index is -0.994. The molecular weight excluding hydrogens is 508 g/mol. The van der Waals surface area contributed by atoms with Gasteiger partial charge in [-0.15, -0.1) is 0 Å². The third-order valence-corrected chi connectivity index (χ3v) is 6.42. The van der Waals surface area contributed by atoms with E-state index >= 15 is 0 Å². The summed E-state index contributed by atoms with van der Waals surface area (Å²) in [5.74, 6) is -4.69. The van der Waals surface area contributed by atoms with Gasteiger partial charge in [0.15, 0.2) is 0 Å². The molecule has 39 heavy (non-hydrogen) atoms. The quantitative estimate of drug-likeness (QED) is 0.238. The normalized spacial score (nSPS) is 14.7. The lowest BCUT2D eigenvalue weighted by Crippen LogP contribution is -2.47. The molecule has 12 heteroatoms. The van der Waals surface area contributed by atoms with Crippen molar-refractivity contribution >= 4 is 52.5 Å². The van der Waals surface area contributed by atoms with Gasteiger partial charge in [0.2, 0.25) is 11.8 Å². The molecule has 0 unspecified atom stereocenters. The van der Waals surface area contributed by atoms with Gasteiger partial charge in [-0.3, -0.25) is 38.6 Å². The zero-order chi connectivity index (χ0) is 28.1. The molecule has 0 aromatic heterocycles. The van der Waals surface area contributed by atoms with Crippen LogP contribution in [0.1, 0.15) is 40.0 Å². The number of unbranched alkanes of at least 4 members (excludes halogenated alkanes) is 1. The highest BCUT2D eigenvalue weighted by Crippen LogP contribution is 2.29. The van der Waals surface area contributed by atoms with Crippen molar-refractivity contribution in [3.8, 4) is 0 Å². The number of benzene rings is 2. The number of nitrogens with one attached hydrogen (secondary N) is 2. The number of amides is 4. The fourth-order valence-electron chi connectivity index (χ4n) is 4.49. The van der Waals surface area contributed by atoms with Gasteiger partial charge < -0.3 is 15.4 Å². The standard InChI is InChI=1S/C27H26N4O8/c1-39-27(38)18(29-22(33)15-31-20-12-5-3-9-17(20)24(35)26(31)37)10-6-7-13-28-21(32)14-30-19-11-4-2-8-16(19)23(34)25(30)36/h2-5,8-9,11-12,18H,6-7,10,13-15H2,1H3,(H,28,32)(H,29,33)/t18-/m0/s1. The molecule has 202 valence electrons. The number of para-hydroxylation sites is 2. The van der Waals surface area contributed by atoms with Crippen LogP contribution in [0.15, 0.2) is 48.5 Å². The number of carbonyl (C=O) groups excluding carboxylic acids is 7. The molecule has 2 N–H and O–H groups in total. The number of methoxy groups -OCH3 is 1. The maximum absolute atomic E-state index is 12.6. The molecule has 0 saturated carbocycles. The van der Waals surface area contributed by atoms with Crippen LogP contribution < -0.4 is 20.4 Å². The van der Waals surface area contributed by atoms with Crippen LogP contribution in [0, 0.1) is 0 Å². The van der Waals surface area contributed by atoms with Gasteiger partial charge in [0.05, 0.1) is 29.6 Å². The number of ether oxygens (including phenoxy) is 1. The van der Waals surface area contributed by atoms with Gasteiger partial charge in [-0.2, -0.15) is 0 Å². The largest absolute Gasteiger partial charge is 0.467 e. The Balaban J connectivity index is 1.23. The molecule has 0 radical (unpaired) electrons. The molecule has 12 nitrogen and oxygen atoms in total. The predicted octanol–water partition coefficient (Wildman–Crippen LogP) is 0.390. The Morgan fingerprint density at radius 2 is 1.28 bits per heavy atom. The first-order valence-electron chi connectivity index (χ1n) is 12.3. The number of esters is 1. The number of nitrogens with zero attached hydrogens (tertiary/aromatic N) is 2. The molecule has 4 amide bonds. The summed E-state index contributed by atoms with van der Waals surface area (Å²) in [7, 11) is 1.18. The van der Waals surface area contributed by atoms with Crippen molar-refractivity contribution in [3.05, 3.63) is 59.7 Å². The van der Waals surface area contributed by atoms with Crippen LogP contribution >= 0.6 is 0 Å². The molecule has 0 aliphatic carbocycles. The second kappa shape index (κ2) is 11.7. The molecule has 0 fully saturated rings. The van der Waals surface area contributed by atoms with Crippen LogP contribution in [-0.2, 0) is 28.7 Å². The predicted molar refractivity (Wildman–Crippen MR) is 137 cm³/mol. The van der Waals surface area contributed by atoms with Crippen LogP contribution in [-0.4, -0.2) is 74.0 Å². The summed E-state index contributed by atoms with van der Waals surface area (Å²) in [6, 6.07) is 11.8. The van der Waals surface area contributed by atoms with Gasteiger partial charge in [0, 0.05) is 6.54 Å². The van der Waals surface area contributed by atoms with Crippen molar-refractivity contribution in [1.29, 1.82) is 0 Å². The van der Waals surface area contributed by atoms with Crippen LogP contribution in [0.5, 0.6) is 0 Å². The van der Waals surface area contributed by atoms with E-state index in [2.05, 4.69) is 10.6 Å². The molecule has 2 aliphatic rings. The van der Waals surface area contributed by atoms with E-state index < -0.39 is 53.8 Å². The summed E-state index contributed by atoms with van der Waals surface area (Å²) in [6.07, 6.45) is 1.07. The van der Waals surface area contributed by atoms with Crippen molar-refractivity contribution < 1.29 is 38.3 Å². The topological polar surface area (TPSA) is 159 Å². The van der Waals surface area contributed by atoms with Gasteiger partial charge in [-0.25, -0.2) is 4.79 Å². The Kier molecular flexibility index (Phi) is 8.13. The highest BCUT2D eigenvalue weighted by atomic mass is 16.5. The fourth-order valence-corrected chi connectivity index (χ4v) is 4.49. The maximum Gasteiger partial charge on any atom is 0.328 e. The highest BCUT2D eigenvalue weighted by molar-refractivity contribution is 6.53. The van der Waals surface area contributed by atoms with Crippen LogP contribution in [0.2, 0.25) is 0 Å². The SMILES string of the molecule is COC(=O)[C@H](CCCCNC(=O)CN1C(=O)C(=O)c2ccccc21)NC(=O)CN1C(=O)C(=O)c2ccccc21. The molecule has 0 bridgehead atoms. The van der Waals surface area contributed by atoms with Crippen molar-refractivity contribution in [1.82, 2.24) is 10.6 Å². The zero-order valence-corrected chi connectivity index (χ0v) is 21.1. The average Bonchev–Trinajstić information content (AvgIpc) is 3.32. The summed E-state index contributed by atoms with van der Waals surface area (Å²) < 4.78 is 4.77. The first-order valence-corrected chi connectivity index (χ1v) is 12.3. The van der Waals surface area contributed by atoms with E-state index in [1.54, 1.807) is 36.4 Å². The summed E-state index contributed by atoms with van der Waals surface area (Å²) in [6.45, 7) is -0.505. The van der Waals surface area contributed by atoms with Crippen molar-refractivity contribution in [2.75, 3.05) is 36.5 Å². The molecule has 0 saturated heterocycles. The maximum atomic E-state index is 12.6. The minimum absolute atomic E-state index is 0.199. The van der Waals surface area contributed by atoms with E-state index in [4.69, 9.17) is 4.74 Å². The molecular formula is C27H26N4O8. The smallest absolute Gasteiger partial charge is 0.328 e. The summed E-state index contributed by atoms with van der Waals surface area (Å²) in [5, 5.41) is 5.22. The lowest BCUT2D eigenvalue weighted by molar-refractivity contribution is -0.145. The van der Waals surface area contributed by atoms with Crippen molar-refractivity contribution in [3.63, 3.8) is 0 Å². The number of hydrogen-bond acceptors (Lipinski definition) is 8. The van der Waals surface area contributed by atoms with Crippen LogP contribution in [0.25, 0.3) is 0 Å². The average molecular weight is 535 g/mol. The third kappa shape index (κ3) is 5.69. The minimum Gasteiger partial charge on any atom is -0.467 e. The third-order valence-electron chi connectivity index (χ3n) is 6.42. The first-order chi connectivity index (χ1) is 18.7. The van der Waals surface area contributed by atoms with Gasteiger partial charge in [-0.05, 0) is 43.5 Å². The van der Waals surface area contributed by atoms with E-state index in [-0.39, 0.29) is 30.6 Å². The van der Waals surface area contributed by atoms with Gasteiger partial charge in [0.1, 0.15) is 19.1 Å². The number of anilines is 2. The lowest BCUT2D eigenvalue weighted by Gasteiger charge is -2.20. The number of rotatable bonds is 11. The summed E-state index contributed by atoms with van der Waals surface area (Å²) in [5.41, 5.74) is 1.20. The van der Waals surface area contributed by atoms with Gasteiger partial charge in [-0.1, -0.05) is 24.3 Å². The highest BCUT2D eigenvalue weighted by Gasteiger charge is 2.37. The molecule has 2 aliphatic heterocycles. The molecule has 0 spiro atoms. The first kappa shape index (κ1) is 27.2. The van der Waals surface area contributed by atoms with E-state index in [1.165, 1.54) is 19.2 Å². The fraction of sp³-hybridized carbons (Fsp3) is 0.296. The van der Waals surface area contributed by atoms with Crippen molar-refractivity contribution in [2.24, 2.45) is 0 Å². The number of hydrogen-bond donors (Lipinski definition) is 2. The number of ketones is 2. The monoisotopic (exact) mass is 534 g/mol. The second-order valence-corrected chi connectivity index (χ2v) is 8.96. The molecule has 2 aromatic rings.